The number of benzene rings is 1. The van der Waals surface area contributed by atoms with Crippen LogP contribution in [-0.4, -0.2) is 47.3 Å². The molecule has 0 aromatic heterocycles. The predicted octanol–water partition coefficient (Wildman–Crippen LogP) is 1.15. The molecule has 0 aliphatic heterocycles. The van der Waals surface area contributed by atoms with E-state index in [4.69, 9.17) is 5.73 Å². The maximum Gasteiger partial charge on any atom is 0.242 e. The first-order valence-corrected chi connectivity index (χ1v) is 10.7. The summed E-state index contributed by atoms with van der Waals surface area (Å²) in [6, 6.07) is 5.40. The molecule has 0 spiro atoms. The summed E-state index contributed by atoms with van der Waals surface area (Å²) in [6.45, 7) is 4.33. The van der Waals surface area contributed by atoms with Crippen LogP contribution in [0.3, 0.4) is 0 Å². The average Bonchev–Trinajstić information content (AvgIpc) is 3.30. The van der Waals surface area contributed by atoms with Gasteiger partial charge in [0.2, 0.25) is 20.0 Å². The standard InChI is InChI=1S/C15H25N3O4S2.ClH/c1-15(2,10-16)11-18(3)24(21,22)14-6-4-5-13(9-14)23(19,20)17-12-7-8-12;/h4-6,9,12,17H,7-8,10-11,16H2,1-3H3;1H. The van der Waals surface area contributed by atoms with E-state index in [1.54, 1.807) is 0 Å². The minimum absolute atomic E-state index is 0. The topological polar surface area (TPSA) is 110 Å². The van der Waals surface area contributed by atoms with Crippen LogP contribution in [0, 0.1) is 5.41 Å². The van der Waals surface area contributed by atoms with E-state index in [1.807, 2.05) is 13.8 Å². The molecule has 7 nitrogen and oxygen atoms in total. The molecule has 144 valence electrons. The fourth-order valence-electron chi connectivity index (χ4n) is 2.22. The summed E-state index contributed by atoms with van der Waals surface area (Å²) in [7, 11) is -6.02. The molecule has 10 heteroatoms. The Morgan fingerprint density at radius 3 is 2.28 bits per heavy atom. The van der Waals surface area contributed by atoms with Gasteiger partial charge in [0.25, 0.3) is 0 Å². The van der Waals surface area contributed by atoms with Gasteiger partial charge < -0.3 is 5.73 Å². The second-order valence-electron chi connectivity index (χ2n) is 7.00. The van der Waals surface area contributed by atoms with Crippen molar-refractivity contribution in [2.45, 2.75) is 42.5 Å². The Balaban J connectivity index is 0.00000312. The first-order valence-electron chi connectivity index (χ1n) is 7.77. The molecule has 1 aromatic carbocycles. The van der Waals surface area contributed by atoms with Crippen molar-refractivity contribution in [1.82, 2.24) is 9.03 Å². The van der Waals surface area contributed by atoms with Crippen molar-refractivity contribution >= 4 is 32.5 Å². The van der Waals surface area contributed by atoms with Gasteiger partial charge in [-0.1, -0.05) is 19.9 Å². The molecule has 0 radical (unpaired) electrons. The maximum absolute atomic E-state index is 12.7. The quantitative estimate of drug-likeness (QED) is 0.666. The van der Waals surface area contributed by atoms with Crippen LogP contribution in [0.4, 0.5) is 0 Å². The number of nitrogens with two attached hydrogens (primary N) is 1. The van der Waals surface area contributed by atoms with E-state index in [1.165, 1.54) is 35.6 Å². The Hall–Kier alpha value is -0.710. The van der Waals surface area contributed by atoms with Gasteiger partial charge in [-0.25, -0.2) is 25.9 Å². The van der Waals surface area contributed by atoms with Crippen molar-refractivity contribution in [3.63, 3.8) is 0 Å². The minimum Gasteiger partial charge on any atom is -0.330 e. The van der Waals surface area contributed by atoms with Crippen LogP contribution in [0.5, 0.6) is 0 Å². The molecule has 1 aromatic rings. The highest BCUT2D eigenvalue weighted by Gasteiger charge is 2.30. The van der Waals surface area contributed by atoms with E-state index in [9.17, 15) is 16.8 Å². The van der Waals surface area contributed by atoms with E-state index in [0.29, 0.717) is 6.54 Å². The van der Waals surface area contributed by atoms with Gasteiger partial charge >= 0.3 is 0 Å². The van der Waals surface area contributed by atoms with Gasteiger partial charge in [-0.2, -0.15) is 0 Å². The van der Waals surface area contributed by atoms with Crippen molar-refractivity contribution in [3.8, 4) is 0 Å². The Bertz CT molecular complexity index is 806. The lowest BCUT2D eigenvalue weighted by Crippen LogP contribution is -2.39. The largest absolute Gasteiger partial charge is 0.330 e. The lowest BCUT2D eigenvalue weighted by atomic mass is 9.94. The van der Waals surface area contributed by atoms with E-state index in [2.05, 4.69) is 4.72 Å². The normalized spacial score (nSPS) is 15.9. The molecule has 0 saturated heterocycles. The molecular formula is C15H26ClN3O4S2. The van der Waals surface area contributed by atoms with Crippen LogP contribution in [0.1, 0.15) is 26.7 Å². The van der Waals surface area contributed by atoms with Crippen molar-refractivity contribution < 1.29 is 16.8 Å². The summed E-state index contributed by atoms with van der Waals surface area (Å²) >= 11 is 0. The van der Waals surface area contributed by atoms with Gasteiger partial charge in [0.05, 0.1) is 9.79 Å². The average molecular weight is 412 g/mol. The van der Waals surface area contributed by atoms with Crippen molar-refractivity contribution in [2.75, 3.05) is 20.1 Å². The maximum atomic E-state index is 12.7. The van der Waals surface area contributed by atoms with Crippen molar-refractivity contribution in [1.29, 1.82) is 0 Å². The number of sulfonamides is 2. The zero-order chi connectivity index (χ0) is 18.2. The highest BCUT2D eigenvalue weighted by molar-refractivity contribution is 7.90. The molecule has 1 aliphatic rings. The lowest BCUT2D eigenvalue weighted by Gasteiger charge is -2.28. The molecule has 1 aliphatic carbocycles. The fourth-order valence-corrected chi connectivity index (χ4v) is 5.05. The van der Waals surface area contributed by atoms with Gasteiger partial charge in [0.1, 0.15) is 0 Å². The number of nitrogens with zero attached hydrogens (tertiary/aromatic N) is 1. The number of rotatable bonds is 8. The highest BCUT2D eigenvalue weighted by Crippen LogP contribution is 2.25. The van der Waals surface area contributed by atoms with E-state index in [-0.39, 0.29) is 40.2 Å². The highest BCUT2D eigenvalue weighted by atomic mass is 35.5. The number of hydrogen-bond acceptors (Lipinski definition) is 5. The fraction of sp³-hybridized carbons (Fsp3) is 0.600. The zero-order valence-corrected chi connectivity index (χ0v) is 17.0. The predicted molar refractivity (Wildman–Crippen MR) is 99.7 cm³/mol. The Labute approximate surface area is 156 Å². The smallest absolute Gasteiger partial charge is 0.242 e. The van der Waals surface area contributed by atoms with E-state index >= 15 is 0 Å². The van der Waals surface area contributed by atoms with Crippen LogP contribution < -0.4 is 10.5 Å². The van der Waals surface area contributed by atoms with E-state index < -0.39 is 20.0 Å². The summed E-state index contributed by atoms with van der Waals surface area (Å²) in [6.07, 6.45) is 1.63. The molecule has 0 unspecified atom stereocenters. The van der Waals surface area contributed by atoms with Crippen LogP contribution in [0.2, 0.25) is 0 Å². The summed E-state index contributed by atoms with van der Waals surface area (Å²) in [5, 5.41) is 0. The number of halogens is 1. The van der Waals surface area contributed by atoms with Crippen LogP contribution in [-0.2, 0) is 20.0 Å². The molecule has 25 heavy (non-hydrogen) atoms. The summed E-state index contributed by atoms with van der Waals surface area (Å²) < 4.78 is 53.7. The second-order valence-corrected chi connectivity index (χ2v) is 10.8. The zero-order valence-electron chi connectivity index (χ0n) is 14.6. The third-order valence-corrected chi connectivity index (χ3v) is 7.24. The van der Waals surface area contributed by atoms with Gasteiger partial charge in [0, 0.05) is 19.6 Å². The minimum atomic E-state index is -3.79. The number of hydrogen-bond donors (Lipinski definition) is 2. The molecule has 3 N–H and O–H groups in total. The lowest BCUT2D eigenvalue weighted by molar-refractivity contribution is 0.292. The first-order chi connectivity index (χ1) is 11.0. The van der Waals surface area contributed by atoms with Gasteiger partial charge in [-0.3, -0.25) is 0 Å². The van der Waals surface area contributed by atoms with Crippen LogP contribution in [0.25, 0.3) is 0 Å². The molecule has 0 atom stereocenters. The molecule has 0 heterocycles. The third kappa shape index (κ3) is 5.63. The van der Waals surface area contributed by atoms with Crippen molar-refractivity contribution in [3.05, 3.63) is 24.3 Å². The molecule has 0 amide bonds. The molecule has 2 rings (SSSR count). The Morgan fingerprint density at radius 1 is 1.20 bits per heavy atom. The molecule has 0 bridgehead atoms. The first kappa shape index (κ1) is 22.3. The Kier molecular flexibility index (Phi) is 7.05. The second kappa shape index (κ2) is 7.89. The number of nitrogens with one attached hydrogen (secondary N) is 1. The molecule has 1 saturated carbocycles. The van der Waals surface area contributed by atoms with Crippen LogP contribution in [0.15, 0.2) is 34.1 Å². The molecule has 1 fully saturated rings. The van der Waals surface area contributed by atoms with Gasteiger partial charge in [0.15, 0.2) is 0 Å². The summed E-state index contributed by atoms with van der Waals surface area (Å²) in [5.74, 6) is 0. The molecular weight excluding hydrogens is 386 g/mol. The monoisotopic (exact) mass is 411 g/mol. The summed E-state index contributed by atoms with van der Waals surface area (Å²) in [5.41, 5.74) is 5.28. The SMILES string of the molecule is CN(CC(C)(C)CN)S(=O)(=O)c1cccc(S(=O)(=O)NC2CC2)c1.Cl. The van der Waals surface area contributed by atoms with Crippen LogP contribution >= 0.6 is 12.4 Å². The van der Waals surface area contributed by atoms with E-state index in [0.717, 1.165) is 12.8 Å². The Morgan fingerprint density at radius 2 is 1.76 bits per heavy atom. The third-order valence-electron chi connectivity index (χ3n) is 3.93. The van der Waals surface area contributed by atoms with Gasteiger partial charge in [-0.15, -0.1) is 12.4 Å². The summed E-state index contributed by atoms with van der Waals surface area (Å²) in [4.78, 5) is -0.0848. The van der Waals surface area contributed by atoms with Gasteiger partial charge in [-0.05, 0) is 43.0 Å². The van der Waals surface area contributed by atoms with Crippen molar-refractivity contribution in [2.24, 2.45) is 11.1 Å².